The third-order valence-electron chi connectivity index (χ3n) is 15.1. The van der Waals surface area contributed by atoms with Crippen molar-refractivity contribution in [3.05, 3.63) is 125 Å². The molecule has 2 aliphatic heterocycles. The van der Waals surface area contributed by atoms with Crippen molar-refractivity contribution in [2.24, 2.45) is 35.5 Å². The number of anilines is 4. The van der Waals surface area contributed by atoms with E-state index >= 15 is 0 Å². The molecule has 0 radical (unpaired) electrons. The minimum Gasteiger partial charge on any atom is -0.478 e. The van der Waals surface area contributed by atoms with Gasteiger partial charge in [0, 0.05) is 41.1 Å². The average molecular weight is 1010 g/mol. The van der Waals surface area contributed by atoms with E-state index in [0.717, 1.165) is 32.6 Å². The molecule has 2 aliphatic carbocycles. The molecule has 4 aliphatic rings. The molecule has 4 bridgehead atoms. The maximum absolute atomic E-state index is 14.8. The number of aromatic nitrogens is 2. The number of aromatic carboxylic acids is 1. The van der Waals surface area contributed by atoms with Crippen LogP contribution in [0.3, 0.4) is 0 Å². The highest BCUT2D eigenvalue weighted by molar-refractivity contribution is 6.23. The third kappa shape index (κ3) is 7.68. The first kappa shape index (κ1) is 49.0. The lowest BCUT2D eigenvalue weighted by Gasteiger charge is -2.36. The number of ether oxygens (including phenoxy) is 2. The normalized spacial score (nSPS) is 21.9. The van der Waals surface area contributed by atoms with E-state index in [9.17, 15) is 57.8 Å². The molecule has 2 aromatic heterocycles. The molecule has 20 heteroatoms. The highest BCUT2D eigenvalue weighted by Crippen LogP contribution is 2.62. The zero-order valence-electron chi connectivity index (χ0n) is 41.0. The number of carboxylic acids is 1. The van der Waals surface area contributed by atoms with E-state index in [1.54, 1.807) is 20.8 Å². The first-order valence-corrected chi connectivity index (χ1v) is 24.5. The van der Waals surface area contributed by atoms with Crippen molar-refractivity contribution in [1.82, 2.24) is 9.13 Å². The van der Waals surface area contributed by atoms with Crippen LogP contribution in [0.2, 0.25) is 0 Å². The van der Waals surface area contributed by atoms with Crippen LogP contribution >= 0.6 is 0 Å². The highest BCUT2D eigenvalue weighted by atomic mass is 16.5. The second-order valence-electron chi connectivity index (χ2n) is 20.1. The lowest BCUT2D eigenvalue weighted by atomic mass is 9.82. The van der Waals surface area contributed by atoms with Crippen LogP contribution in [-0.2, 0) is 28.7 Å². The molecule has 380 valence electrons. The molecule has 20 nitrogen and oxygen atoms in total. The number of hydrogen-bond donors (Lipinski definition) is 3. The van der Waals surface area contributed by atoms with Gasteiger partial charge < -0.3 is 25.6 Å². The summed E-state index contributed by atoms with van der Waals surface area (Å²) in [6.07, 6.45) is 0.292. The van der Waals surface area contributed by atoms with Crippen LogP contribution in [0.4, 0.5) is 22.7 Å². The van der Waals surface area contributed by atoms with E-state index in [2.05, 4.69) is 5.32 Å². The Labute approximate surface area is 419 Å². The molecule has 4 fully saturated rings. The van der Waals surface area contributed by atoms with Gasteiger partial charge >= 0.3 is 17.9 Å². The summed E-state index contributed by atoms with van der Waals surface area (Å²) >= 11 is 0. The van der Waals surface area contributed by atoms with Gasteiger partial charge in [-0.15, -0.1) is 0 Å². The number of nitrogen functional groups attached to an aromatic ring is 1. The van der Waals surface area contributed by atoms with Gasteiger partial charge in [0.25, 0.3) is 22.2 Å². The van der Waals surface area contributed by atoms with E-state index < -0.39 is 111 Å². The molecule has 2 saturated heterocycles. The van der Waals surface area contributed by atoms with Crippen molar-refractivity contribution >= 4 is 85.8 Å². The van der Waals surface area contributed by atoms with Crippen LogP contribution in [0.1, 0.15) is 98.3 Å². The molecule has 4 aromatic carbocycles. The molecule has 74 heavy (non-hydrogen) atoms. The van der Waals surface area contributed by atoms with Gasteiger partial charge in [0.2, 0.25) is 23.6 Å². The van der Waals surface area contributed by atoms with E-state index in [4.69, 9.17) is 15.2 Å². The summed E-state index contributed by atoms with van der Waals surface area (Å²) < 4.78 is 12.4. The summed E-state index contributed by atoms with van der Waals surface area (Å²) in [4.78, 5) is 156. The van der Waals surface area contributed by atoms with Gasteiger partial charge in [0.1, 0.15) is 0 Å². The number of benzene rings is 4. The fraction of sp³-hybridized carbons (Fsp3) is 0.352. The Bertz CT molecular complexity index is 3590. The number of nitrogens with one attached hydrogen (secondary N) is 1. The number of esters is 2. The van der Waals surface area contributed by atoms with Gasteiger partial charge in [-0.25, -0.2) is 33.3 Å². The smallest absolute Gasteiger partial charge is 0.338 e. The number of hydrogen-bond acceptors (Lipinski definition) is 15. The van der Waals surface area contributed by atoms with Crippen LogP contribution in [-0.4, -0.2) is 74.0 Å². The van der Waals surface area contributed by atoms with Crippen molar-refractivity contribution in [2.75, 3.05) is 20.9 Å². The van der Waals surface area contributed by atoms with Gasteiger partial charge in [-0.2, -0.15) is 0 Å². The third-order valence-corrected chi connectivity index (χ3v) is 15.1. The second kappa shape index (κ2) is 17.9. The van der Waals surface area contributed by atoms with Crippen molar-refractivity contribution in [2.45, 2.75) is 85.5 Å². The Kier molecular flexibility index (Phi) is 11.9. The maximum atomic E-state index is 14.8. The molecule has 2 saturated carbocycles. The first-order chi connectivity index (χ1) is 35.1. The topological polar surface area (TPSA) is 281 Å². The van der Waals surface area contributed by atoms with E-state index in [1.807, 2.05) is 20.8 Å². The minimum atomic E-state index is -1.31. The van der Waals surface area contributed by atoms with Crippen LogP contribution in [0.25, 0.3) is 32.9 Å². The molecule has 10 rings (SSSR count). The number of piperidine rings is 2. The van der Waals surface area contributed by atoms with Crippen molar-refractivity contribution in [3.63, 3.8) is 0 Å². The van der Waals surface area contributed by atoms with Crippen molar-refractivity contribution < 1.29 is 48.1 Å². The Balaban J connectivity index is 1.03. The maximum Gasteiger partial charge on any atom is 0.338 e. The molecular weight excluding hydrogens is 957 g/mol. The molecule has 4 heterocycles. The Morgan fingerprint density at radius 3 is 1.42 bits per heavy atom. The summed E-state index contributed by atoms with van der Waals surface area (Å²) in [6, 6.07) is 13.8. The quantitative estimate of drug-likeness (QED) is 0.0603. The number of carbonyl (C=O) groups is 7. The number of nitrogens with zero attached hydrogens (tertiary/aromatic N) is 4. The Morgan fingerprint density at radius 1 is 0.554 bits per heavy atom. The van der Waals surface area contributed by atoms with Crippen LogP contribution in [0.15, 0.2) is 85.9 Å². The van der Waals surface area contributed by atoms with Gasteiger partial charge in [-0.05, 0) is 132 Å². The standard InChI is InChI=1S/C54H50N6O14/c1-7-23(5)56-29-10-25(52(69)70)11-31(16-29)58-44(61)34-18-36-37(19-35(34)45(58)62)47(64)59(46(36)63)32-13-27(53(71)73-22(3)4)14-33(17-32)60-50(67)40-21-41(51(60)68)43-39-20-38(42(40)43)48(65)57(49(39)66)30-12-26(9-28(55)15-30)54(72)74-24(6)8-2/h9-19,22-24,38-43,56H,7-8,20-21,55H2,1-6H3,(H,69,70). The summed E-state index contributed by atoms with van der Waals surface area (Å²) in [5, 5.41) is 12.0. The monoisotopic (exact) mass is 1010 g/mol. The van der Waals surface area contributed by atoms with E-state index in [-0.39, 0.29) is 85.6 Å². The van der Waals surface area contributed by atoms with Crippen molar-refractivity contribution in [3.8, 4) is 11.4 Å². The summed E-state index contributed by atoms with van der Waals surface area (Å²) in [6.45, 7) is 10.5. The number of imide groups is 2. The van der Waals surface area contributed by atoms with Crippen LogP contribution in [0, 0.1) is 35.5 Å². The van der Waals surface area contributed by atoms with Gasteiger partial charge in [0.15, 0.2) is 0 Å². The molecule has 4 N–H and O–H groups in total. The van der Waals surface area contributed by atoms with E-state index in [0.29, 0.717) is 23.1 Å². The lowest BCUT2D eigenvalue weighted by Crippen LogP contribution is -2.52. The number of carboxylic acid groups (broad SMARTS) is 1. The van der Waals surface area contributed by atoms with Crippen LogP contribution < -0.4 is 43.1 Å². The first-order valence-electron chi connectivity index (χ1n) is 24.5. The fourth-order valence-electron chi connectivity index (χ4n) is 11.5. The predicted octanol–water partition coefficient (Wildman–Crippen LogP) is 4.85. The van der Waals surface area contributed by atoms with E-state index in [1.165, 1.54) is 48.5 Å². The van der Waals surface area contributed by atoms with Crippen LogP contribution in [0.5, 0.6) is 0 Å². The number of carbonyl (C=O) groups excluding carboxylic acids is 6. The molecule has 6 aromatic rings. The molecule has 8 unspecified atom stereocenters. The number of amides is 4. The number of fused-ring (bicyclic) bond motifs is 11. The number of nitrogens with two attached hydrogens (primary N) is 1. The lowest BCUT2D eigenvalue weighted by molar-refractivity contribution is -0.136. The molecule has 4 amide bonds. The Hall–Kier alpha value is -8.55. The SMILES string of the molecule is CCC(C)Nc1cc(C(=O)O)cc(-n2c(=O)c3cc4c(=O)n(-c5cc(C(=O)OC(C)C)cc(N6C(=O)C7CC(C6=O)C6C8CC(C(=O)N(c9cc(N)cc(C(=O)OC(C)CC)c9)C8=O)C76)c5)c(=O)c4cc3c2=O)c1. The minimum absolute atomic E-state index is 0.0314. The summed E-state index contributed by atoms with van der Waals surface area (Å²) in [5.41, 5.74) is 2.01. The Morgan fingerprint density at radius 2 is 0.973 bits per heavy atom. The largest absolute Gasteiger partial charge is 0.478 e. The average Bonchev–Trinajstić information content (AvgIpc) is 4.04. The fourth-order valence-corrected chi connectivity index (χ4v) is 11.5. The van der Waals surface area contributed by atoms with Crippen molar-refractivity contribution in [1.29, 1.82) is 0 Å². The van der Waals surface area contributed by atoms with Gasteiger partial charge in [-0.3, -0.25) is 38.4 Å². The summed E-state index contributed by atoms with van der Waals surface area (Å²) in [5.74, 6) is -10.8. The van der Waals surface area contributed by atoms with Gasteiger partial charge in [-0.1, -0.05) is 13.8 Å². The molecule has 0 spiro atoms. The zero-order valence-corrected chi connectivity index (χ0v) is 41.0. The highest BCUT2D eigenvalue weighted by Gasteiger charge is 2.68. The molecule has 8 atom stereocenters. The molecular formula is C54H50N6O14. The van der Waals surface area contributed by atoms with Gasteiger partial charge in [0.05, 0.1) is 73.2 Å². The summed E-state index contributed by atoms with van der Waals surface area (Å²) in [7, 11) is 0. The predicted molar refractivity (Wildman–Crippen MR) is 270 cm³/mol. The number of rotatable bonds is 13. The zero-order chi connectivity index (χ0) is 53.1. The second-order valence-corrected chi connectivity index (χ2v) is 20.1.